The van der Waals surface area contributed by atoms with Crippen molar-refractivity contribution in [3.05, 3.63) is 59.7 Å². The number of amides is 1. The van der Waals surface area contributed by atoms with Crippen molar-refractivity contribution in [2.24, 2.45) is 11.7 Å². The van der Waals surface area contributed by atoms with E-state index in [-0.39, 0.29) is 11.7 Å². The van der Waals surface area contributed by atoms with E-state index in [0.717, 1.165) is 11.1 Å². The summed E-state index contributed by atoms with van der Waals surface area (Å²) in [5.74, 6) is -0.613. The maximum absolute atomic E-state index is 12.5. The molecule has 0 saturated heterocycles. The van der Waals surface area contributed by atoms with Gasteiger partial charge in [-0.1, -0.05) is 37.3 Å². The first kappa shape index (κ1) is 19.9. The van der Waals surface area contributed by atoms with Crippen LogP contribution in [-0.2, 0) is 14.8 Å². The molecule has 6 nitrogen and oxygen atoms in total. The van der Waals surface area contributed by atoms with E-state index in [1.807, 2.05) is 30.3 Å². The minimum atomic E-state index is -3.34. The Morgan fingerprint density at radius 2 is 1.81 bits per heavy atom. The molecule has 0 aliphatic carbocycles. The van der Waals surface area contributed by atoms with E-state index in [2.05, 4.69) is 10.0 Å². The number of hydrogen-bond donors (Lipinski definition) is 3. The molecule has 0 aromatic heterocycles. The number of benzene rings is 2. The van der Waals surface area contributed by atoms with Crippen LogP contribution in [0, 0.1) is 12.8 Å². The van der Waals surface area contributed by atoms with Crippen molar-refractivity contribution < 1.29 is 13.2 Å². The van der Waals surface area contributed by atoms with Gasteiger partial charge in [0.1, 0.15) is 0 Å². The highest BCUT2D eigenvalue weighted by Crippen LogP contribution is 2.24. The Labute approximate surface area is 154 Å². The summed E-state index contributed by atoms with van der Waals surface area (Å²) in [5, 5.41) is 2.84. The summed E-state index contributed by atoms with van der Waals surface area (Å²) in [6.07, 6.45) is 0. The molecule has 0 heterocycles. The van der Waals surface area contributed by atoms with Crippen LogP contribution in [0.3, 0.4) is 0 Å². The predicted octanol–water partition coefficient (Wildman–Crippen LogP) is 3.03. The molecule has 0 spiro atoms. The fourth-order valence-corrected chi connectivity index (χ4v) is 3.19. The van der Waals surface area contributed by atoms with Gasteiger partial charge in [-0.15, -0.1) is 0 Å². The number of nitrogens with one attached hydrogen (secondary N) is 2. The first-order chi connectivity index (χ1) is 12.2. The topological polar surface area (TPSA) is 101 Å². The maximum atomic E-state index is 12.5. The average Bonchev–Trinajstić information content (AvgIpc) is 2.63. The van der Waals surface area contributed by atoms with Crippen LogP contribution in [0.5, 0.6) is 0 Å². The molecule has 0 aliphatic heterocycles. The smallest absolute Gasteiger partial charge is 0.232 e. The van der Waals surface area contributed by atoms with E-state index >= 15 is 0 Å². The molecule has 0 radical (unpaired) electrons. The van der Waals surface area contributed by atoms with Crippen molar-refractivity contribution in [1.29, 1.82) is 0 Å². The van der Waals surface area contributed by atoms with Crippen LogP contribution >= 0.6 is 0 Å². The third kappa shape index (κ3) is 5.06. The highest BCUT2D eigenvalue weighted by molar-refractivity contribution is 7.92. The number of nitrogens with two attached hydrogens (primary N) is 1. The molecule has 0 aliphatic rings. The lowest BCUT2D eigenvalue weighted by molar-refractivity contribution is -0.120. The molecule has 0 fully saturated rings. The summed E-state index contributed by atoms with van der Waals surface area (Å²) in [4.78, 5) is 12.5. The molecule has 4 N–H and O–H groups in total. The minimum absolute atomic E-state index is 0.000182. The highest BCUT2D eigenvalue weighted by atomic mass is 32.2. The Morgan fingerprint density at radius 1 is 1.15 bits per heavy atom. The second kappa shape index (κ2) is 8.33. The van der Waals surface area contributed by atoms with Crippen molar-refractivity contribution >= 4 is 27.3 Å². The number of anilines is 2. The zero-order chi connectivity index (χ0) is 19.3. The predicted molar refractivity (Wildman–Crippen MR) is 105 cm³/mol. The maximum Gasteiger partial charge on any atom is 0.232 e. The lowest BCUT2D eigenvalue weighted by atomic mass is 9.94. The zero-order valence-electron chi connectivity index (χ0n) is 15.2. The van der Waals surface area contributed by atoms with E-state index < -0.39 is 22.0 Å². The molecule has 140 valence electrons. The molecular formula is C19H25N3O3S. The largest absolute Gasteiger partial charge is 0.326 e. The van der Waals surface area contributed by atoms with E-state index in [4.69, 9.17) is 5.73 Å². The van der Waals surface area contributed by atoms with Crippen LogP contribution in [0.4, 0.5) is 11.4 Å². The standard InChI is InChI=1S/C19H25N3O3S/c1-4-26(24,25)22-17-11-10-16(12-13(17)2)21-19(23)14(3)18(20)15-8-6-5-7-9-15/h5-12,14,18,22H,4,20H2,1-3H3,(H,21,23). The van der Waals surface area contributed by atoms with E-state index in [1.54, 1.807) is 39.0 Å². The van der Waals surface area contributed by atoms with Gasteiger partial charge in [-0.05, 0) is 43.2 Å². The summed E-state index contributed by atoms with van der Waals surface area (Å²) in [5.41, 5.74) is 8.91. The van der Waals surface area contributed by atoms with E-state index in [1.165, 1.54) is 0 Å². The Hall–Kier alpha value is -2.38. The number of carbonyl (C=O) groups is 1. The molecule has 1 amide bonds. The quantitative estimate of drug-likeness (QED) is 0.692. The molecule has 2 atom stereocenters. The molecule has 2 aromatic rings. The Balaban J connectivity index is 2.08. The van der Waals surface area contributed by atoms with Crippen molar-refractivity contribution in [2.75, 3.05) is 15.8 Å². The van der Waals surface area contributed by atoms with Gasteiger partial charge in [-0.3, -0.25) is 9.52 Å². The van der Waals surface area contributed by atoms with Gasteiger partial charge in [0.05, 0.1) is 17.4 Å². The summed E-state index contributed by atoms with van der Waals surface area (Å²) in [6.45, 7) is 5.13. The van der Waals surface area contributed by atoms with Crippen LogP contribution in [0.2, 0.25) is 0 Å². The number of carbonyl (C=O) groups excluding carboxylic acids is 1. The Kier molecular flexibility index (Phi) is 6.39. The Bertz CT molecular complexity index is 867. The van der Waals surface area contributed by atoms with Crippen molar-refractivity contribution in [3.8, 4) is 0 Å². The zero-order valence-corrected chi connectivity index (χ0v) is 16.0. The molecule has 2 aromatic carbocycles. The monoisotopic (exact) mass is 375 g/mol. The molecule has 2 rings (SSSR count). The van der Waals surface area contributed by atoms with Crippen LogP contribution in [0.15, 0.2) is 48.5 Å². The van der Waals surface area contributed by atoms with E-state index in [0.29, 0.717) is 11.4 Å². The van der Waals surface area contributed by atoms with Crippen LogP contribution in [0.1, 0.15) is 31.0 Å². The summed E-state index contributed by atoms with van der Waals surface area (Å²) < 4.78 is 25.9. The summed E-state index contributed by atoms with van der Waals surface area (Å²) >= 11 is 0. The highest BCUT2D eigenvalue weighted by Gasteiger charge is 2.22. The number of aryl methyl sites for hydroxylation is 1. The van der Waals surface area contributed by atoms with Gasteiger partial charge in [0, 0.05) is 11.7 Å². The van der Waals surface area contributed by atoms with Crippen LogP contribution in [-0.4, -0.2) is 20.1 Å². The van der Waals surface area contributed by atoms with Gasteiger partial charge < -0.3 is 11.1 Å². The van der Waals surface area contributed by atoms with Gasteiger partial charge >= 0.3 is 0 Å². The third-order valence-corrected chi connectivity index (χ3v) is 5.57. The molecule has 0 saturated carbocycles. The molecule has 0 bridgehead atoms. The SMILES string of the molecule is CCS(=O)(=O)Nc1ccc(NC(=O)C(C)C(N)c2ccccc2)cc1C. The first-order valence-electron chi connectivity index (χ1n) is 8.46. The van der Waals surface area contributed by atoms with E-state index in [9.17, 15) is 13.2 Å². The lowest BCUT2D eigenvalue weighted by Crippen LogP contribution is -2.30. The third-order valence-electron chi connectivity index (χ3n) is 4.28. The van der Waals surface area contributed by atoms with Gasteiger partial charge in [0.2, 0.25) is 15.9 Å². The van der Waals surface area contributed by atoms with Crippen molar-refractivity contribution in [3.63, 3.8) is 0 Å². The minimum Gasteiger partial charge on any atom is -0.326 e. The van der Waals surface area contributed by atoms with Crippen molar-refractivity contribution in [1.82, 2.24) is 0 Å². The Morgan fingerprint density at radius 3 is 2.38 bits per heavy atom. The summed E-state index contributed by atoms with van der Waals surface area (Å²) in [7, 11) is -3.34. The fraction of sp³-hybridized carbons (Fsp3) is 0.316. The van der Waals surface area contributed by atoms with Gasteiger partial charge in [-0.25, -0.2) is 8.42 Å². The normalized spacial score (nSPS) is 13.7. The average molecular weight is 375 g/mol. The lowest BCUT2D eigenvalue weighted by Gasteiger charge is -2.20. The van der Waals surface area contributed by atoms with Gasteiger partial charge in [0.25, 0.3) is 0 Å². The number of hydrogen-bond acceptors (Lipinski definition) is 4. The van der Waals surface area contributed by atoms with Gasteiger partial charge in [0.15, 0.2) is 0 Å². The van der Waals surface area contributed by atoms with Crippen LogP contribution < -0.4 is 15.8 Å². The molecule has 7 heteroatoms. The summed E-state index contributed by atoms with van der Waals surface area (Å²) in [6, 6.07) is 14.1. The molecule has 26 heavy (non-hydrogen) atoms. The first-order valence-corrected chi connectivity index (χ1v) is 10.1. The molecular weight excluding hydrogens is 350 g/mol. The second-order valence-electron chi connectivity index (χ2n) is 6.25. The number of rotatable bonds is 7. The van der Waals surface area contributed by atoms with Crippen LogP contribution in [0.25, 0.3) is 0 Å². The number of sulfonamides is 1. The van der Waals surface area contributed by atoms with Crippen molar-refractivity contribution in [2.45, 2.75) is 26.8 Å². The second-order valence-corrected chi connectivity index (χ2v) is 8.26. The van der Waals surface area contributed by atoms with Gasteiger partial charge in [-0.2, -0.15) is 0 Å². The molecule has 2 unspecified atom stereocenters. The fourth-order valence-electron chi connectivity index (χ4n) is 2.48.